The number of ketones is 1. The molecule has 0 radical (unpaired) electrons. The zero-order valence-electron chi connectivity index (χ0n) is 10.1. The largest absolute Gasteiger partial charge is 0.415 e. The lowest BCUT2D eigenvalue weighted by molar-refractivity contribution is 0.104. The van der Waals surface area contributed by atoms with Crippen molar-refractivity contribution >= 4 is 11.9 Å². The van der Waals surface area contributed by atoms with Crippen molar-refractivity contribution in [2.75, 3.05) is 14.1 Å². The van der Waals surface area contributed by atoms with E-state index in [-0.39, 0.29) is 11.5 Å². The summed E-state index contributed by atoms with van der Waals surface area (Å²) in [5.74, 6) is 0.0900. The number of rotatable bonds is 3. The average molecular weight is 233 g/mol. The van der Waals surface area contributed by atoms with Crippen molar-refractivity contribution in [3.8, 4) is 0 Å². The highest BCUT2D eigenvalue weighted by Crippen LogP contribution is 2.05. The minimum absolute atomic E-state index is 0.186. The van der Waals surface area contributed by atoms with Crippen LogP contribution in [0.4, 0.5) is 4.79 Å². The summed E-state index contributed by atoms with van der Waals surface area (Å²) in [6.45, 7) is 1.57. The van der Waals surface area contributed by atoms with E-state index < -0.39 is 6.09 Å². The van der Waals surface area contributed by atoms with E-state index in [0.29, 0.717) is 5.56 Å². The number of hydrogen-bond acceptors (Lipinski definition) is 3. The standard InChI is InChI=1S/C13H15NO3/c1-10(17-13(16)14(2)3)9-12(15)11-7-5-4-6-8-11/h4-9H,1-3H3/b10-9-. The van der Waals surface area contributed by atoms with E-state index in [1.807, 2.05) is 6.07 Å². The molecule has 4 nitrogen and oxygen atoms in total. The highest BCUT2D eigenvalue weighted by atomic mass is 16.6. The van der Waals surface area contributed by atoms with E-state index in [1.54, 1.807) is 45.3 Å². The molecular weight excluding hydrogens is 218 g/mol. The van der Waals surface area contributed by atoms with Crippen LogP contribution in [0.5, 0.6) is 0 Å². The Kier molecular flexibility index (Phi) is 4.46. The third-order valence-corrected chi connectivity index (χ3v) is 2.01. The summed E-state index contributed by atoms with van der Waals surface area (Å²) in [5.41, 5.74) is 0.563. The van der Waals surface area contributed by atoms with Crippen LogP contribution in [0.1, 0.15) is 17.3 Å². The molecule has 1 amide bonds. The molecule has 17 heavy (non-hydrogen) atoms. The molecular formula is C13H15NO3. The van der Waals surface area contributed by atoms with Crippen LogP contribution in [0.15, 0.2) is 42.2 Å². The van der Waals surface area contributed by atoms with Gasteiger partial charge in [-0.2, -0.15) is 0 Å². The monoisotopic (exact) mass is 233 g/mol. The number of carbonyl (C=O) groups excluding carboxylic acids is 2. The lowest BCUT2D eigenvalue weighted by Crippen LogP contribution is -2.22. The Hall–Kier alpha value is -2.10. The predicted molar refractivity (Wildman–Crippen MR) is 64.7 cm³/mol. The van der Waals surface area contributed by atoms with Crippen LogP contribution >= 0.6 is 0 Å². The van der Waals surface area contributed by atoms with Crippen LogP contribution < -0.4 is 0 Å². The number of carbonyl (C=O) groups is 2. The van der Waals surface area contributed by atoms with Crippen molar-refractivity contribution in [2.45, 2.75) is 6.92 Å². The highest BCUT2D eigenvalue weighted by Gasteiger charge is 2.08. The van der Waals surface area contributed by atoms with Crippen molar-refractivity contribution < 1.29 is 14.3 Å². The molecule has 0 N–H and O–H groups in total. The normalized spacial score (nSPS) is 10.9. The van der Waals surface area contributed by atoms with Crippen molar-refractivity contribution in [3.63, 3.8) is 0 Å². The summed E-state index contributed by atoms with van der Waals surface area (Å²) in [4.78, 5) is 24.2. The maximum absolute atomic E-state index is 11.7. The van der Waals surface area contributed by atoms with E-state index in [1.165, 1.54) is 11.0 Å². The van der Waals surface area contributed by atoms with Crippen molar-refractivity contribution in [3.05, 3.63) is 47.7 Å². The van der Waals surface area contributed by atoms with Gasteiger partial charge in [-0.05, 0) is 6.92 Å². The SMILES string of the molecule is C/C(=C/C(=O)c1ccccc1)OC(=O)N(C)C. The molecule has 0 saturated carbocycles. The number of benzene rings is 1. The number of hydrogen-bond donors (Lipinski definition) is 0. The summed E-state index contributed by atoms with van der Waals surface area (Å²) >= 11 is 0. The number of amides is 1. The minimum Gasteiger partial charge on any atom is -0.415 e. The van der Waals surface area contributed by atoms with Gasteiger partial charge >= 0.3 is 6.09 Å². The molecule has 1 rings (SSSR count). The van der Waals surface area contributed by atoms with Crippen molar-refractivity contribution in [2.24, 2.45) is 0 Å². The van der Waals surface area contributed by atoms with E-state index >= 15 is 0 Å². The Labute approximate surface area is 100 Å². The molecule has 0 bridgehead atoms. The summed E-state index contributed by atoms with van der Waals surface area (Å²) in [7, 11) is 3.16. The summed E-state index contributed by atoms with van der Waals surface area (Å²) in [6, 6.07) is 8.81. The lowest BCUT2D eigenvalue weighted by atomic mass is 10.1. The average Bonchev–Trinajstić information content (AvgIpc) is 2.29. The van der Waals surface area contributed by atoms with Crippen LogP contribution in [0, 0.1) is 0 Å². The fourth-order valence-electron chi connectivity index (χ4n) is 1.13. The molecule has 0 aromatic heterocycles. The molecule has 0 aliphatic carbocycles. The lowest BCUT2D eigenvalue weighted by Gasteiger charge is -2.10. The number of ether oxygens (including phenoxy) is 1. The first kappa shape index (κ1) is 13.0. The molecule has 0 aliphatic rings. The Bertz CT molecular complexity index is 435. The van der Waals surface area contributed by atoms with Gasteiger partial charge in [-0.3, -0.25) is 4.79 Å². The quantitative estimate of drug-likeness (QED) is 0.457. The van der Waals surface area contributed by atoms with Crippen LogP contribution in [0.3, 0.4) is 0 Å². The van der Waals surface area contributed by atoms with Gasteiger partial charge in [0, 0.05) is 25.7 Å². The van der Waals surface area contributed by atoms with Crippen LogP contribution in [-0.2, 0) is 4.74 Å². The van der Waals surface area contributed by atoms with E-state index in [9.17, 15) is 9.59 Å². The zero-order chi connectivity index (χ0) is 12.8. The number of allylic oxidation sites excluding steroid dienone is 2. The summed E-state index contributed by atoms with van der Waals surface area (Å²) in [6.07, 6.45) is 0.802. The zero-order valence-corrected chi connectivity index (χ0v) is 10.1. The van der Waals surface area contributed by atoms with Gasteiger partial charge in [0.1, 0.15) is 5.76 Å². The van der Waals surface area contributed by atoms with Crippen molar-refractivity contribution in [1.29, 1.82) is 0 Å². The fraction of sp³-hybridized carbons (Fsp3) is 0.231. The molecule has 0 saturated heterocycles. The van der Waals surface area contributed by atoms with Gasteiger partial charge in [-0.1, -0.05) is 30.3 Å². The Balaban J connectivity index is 2.70. The number of nitrogens with zero attached hydrogens (tertiary/aromatic N) is 1. The summed E-state index contributed by atoms with van der Waals surface area (Å²) < 4.78 is 4.93. The molecule has 4 heteroatoms. The minimum atomic E-state index is -0.500. The first-order valence-corrected chi connectivity index (χ1v) is 5.17. The Morgan fingerprint density at radius 2 is 1.76 bits per heavy atom. The van der Waals surface area contributed by atoms with Crippen molar-refractivity contribution in [1.82, 2.24) is 4.90 Å². The second kappa shape index (κ2) is 5.84. The molecule has 0 spiro atoms. The smallest absolute Gasteiger partial charge is 0.414 e. The molecule has 0 heterocycles. The third-order valence-electron chi connectivity index (χ3n) is 2.01. The Morgan fingerprint density at radius 1 is 1.18 bits per heavy atom. The van der Waals surface area contributed by atoms with Gasteiger partial charge in [0.25, 0.3) is 0 Å². The van der Waals surface area contributed by atoms with Gasteiger partial charge < -0.3 is 9.64 Å². The van der Waals surface area contributed by atoms with Crippen LogP contribution in [-0.4, -0.2) is 30.9 Å². The molecule has 90 valence electrons. The predicted octanol–water partition coefficient (Wildman–Crippen LogP) is 2.47. The first-order valence-electron chi connectivity index (χ1n) is 5.17. The highest BCUT2D eigenvalue weighted by molar-refractivity contribution is 6.04. The molecule has 0 unspecified atom stereocenters. The topological polar surface area (TPSA) is 46.6 Å². The van der Waals surface area contributed by atoms with E-state index in [2.05, 4.69) is 0 Å². The maximum atomic E-state index is 11.7. The molecule has 1 aromatic carbocycles. The van der Waals surface area contributed by atoms with E-state index in [4.69, 9.17) is 4.74 Å². The second-order valence-electron chi connectivity index (χ2n) is 3.75. The molecule has 1 aromatic rings. The van der Waals surface area contributed by atoms with Gasteiger partial charge in [-0.15, -0.1) is 0 Å². The molecule has 0 fully saturated rings. The van der Waals surface area contributed by atoms with Gasteiger partial charge in [0.05, 0.1) is 0 Å². The Morgan fingerprint density at radius 3 is 2.29 bits per heavy atom. The first-order chi connectivity index (χ1) is 8.00. The summed E-state index contributed by atoms with van der Waals surface area (Å²) in [5, 5.41) is 0. The second-order valence-corrected chi connectivity index (χ2v) is 3.75. The van der Waals surface area contributed by atoms with E-state index in [0.717, 1.165) is 0 Å². The third kappa shape index (κ3) is 4.10. The fourth-order valence-corrected chi connectivity index (χ4v) is 1.13. The molecule has 0 atom stereocenters. The van der Waals surface area contributed by atoms with Gasteiger partial charge in [0.2, 0.25) is 0 Å². The van der Waals surface area contributed by atoms with Crippen LogP contribution in [0.2, 0.25) is 0 Å². The maximum Gasteiger partial charge on any atom is 0.414 e. The van der Waals surface area contributed by atoms with Gasteiger partial charge in [0.15, 0.2) is 5.78 Å². The molecule has 0 aliphatic heterocycles. The van der Waals surface area contributed by atoms with Crippen LogP contribution in [0.25, 0.3) is 0 Å². The van der Waals surface area contributed by atoms with Gasteiger partial charge in [-0.25, -0.2) is 4.79 Å².